The third kappa shape index (κ3) is 3.53. The number of allylic oxidation sites excluding steroid dienone is 1. The monoisotopic (exact) mass is 446 g/mol. The first-order valence-electron chi connectivity index (χ1n) is 10.6. The number of rotatable bonds is 2. The molecule has 0 radical (unpaired) electrons. The van der Waals surface area contributed by atoms with E-state index >= 15 is 0 Å². The fraction of sp³-hybridized carbons (Fsp3) is 0.231. The Kier molecular flexibility index (Phi) is 4.94. The van der Waals surface area contributed by atoms with Crippen LogP contribution < -0.4 is 10.2 Å². The van der Waals surface area contributed by atoms with Crippen LogP contribution in [-0.2, 0) is 4.79 Å². The molecule has 1 aliphatic heterocycles. The van der Waals surface area contributed by atoms with Crippen LogP contribution in [0.25, 0.3) is 0 Å². The summed E-state index contributed by atoms with van der Waals surface area (Å²) in [5.74, 6) is 0.335. The number of fused-ring (bicyclic) bond motifs is 1. The van der Waals surface area contributed by atoms with Gasteiger partial charge in [-0.25, -0.2) is 0 Å². The molecule has 1 aromatic heterocycles. The van der Waals surface area contributed by atoms with E-state index in [2.05, 4.69) is 19.2 Å². The van der Waals surface area contributed by atoms with E-state index in [4.69, 9.17) is 16.0 Å². The lowest BCUT2D eigenvalue weighted by molar-refractivity contribution is -0.118. The van der Waals surface area contributed by atoms with Crippen LogP contribution in [0, 0.1) is 5.41 Å². The molecule has 32 heavy (non-hydrogen) atoms. The van der Waals surface area contributed by atoms with Crippen molar-refractivity contribution in [2.75, 3.05) is 10.2 Å². The van der Waals surface area contributed by atoms with Crippen molar-refractivity contribution < 1.29 is 14.0 Å². The minimum absolute atomic E-state index is 0.0202. The van der Waals surface area contributed by atoms with Crippen molar-refractivity contribution in [3.63, 3.8) is 0 Å². The summed E-state index contributed by atoms with van der Waals surface area (Å²) in [6, 6.07) is 17.3. The van der Waals surface area contributed by atoms with Gasteiger partial charge in [0.1, 0.15) is 11.8 Å². The fourth-order valence-electron chi connectivity index (χ4n) is 4.66. The Bertz CT molecular complexity index is 1230. The van der Waals surface area contributed by atoms with Crippen LogP contribution in [-0.4, -0.2) is 11.7 Å². The summed E-state index contributed by atoms with van der Waals surface area (Å²) in [5, 5.41) is 4.04. The molecule has 5 nitrogen and oxygen atoms in total. The Morgan fingerprint density at radius 2 is 1.81 bits per heavy atom. The third-order valence-electron chi connectivity index (χ3n) is 6.02. The highest BCUT2D eigenvalue weighted by molar-refractivity contribution is 6.30. The molecule has 0 bridgehead atoms. The molecule has 1 N–H and O–H groups in total. The molecule has 6 heteroatoms. The fourth-order valence-corrected chi connectivity index (χ4v) is 4.78. The van der Waals surface area contributed by atoms with Gasteiger partial charge in [0.25, 0.3) is 5.91 Å². The van der Waals surface area contributed by atoms with E-state index in [-0.39, 0.29) is 17.1 Å². The number of halogens is 1. The molecule has 3 aromatic rings. The summed E-state index contributed by atoms with van der Waals surface area (Å²) in [6.07, 6.45) is 2.68. The highest BCUT2D eigenvalue weighted by Crippen LogP contribution is 2.48. The SMILES string of the molecule is CC1(C)CC(=O)C2=C(C1)Nc1ccccc1N(C(=O)c1ccc(Cl)cc1)[C@@H]2c1ccco1. The minimum Gasteiger partial charge on any atom is -0.467 e. The Hall–Kier alpha value is -3.31. The molecule has 162 valence electrons. The number of anilines is 2. The zero-order valence-corrected chi connectivity index (χ0v) is 18.6. The van der Waals surface area contributed by atoms with Gasteiger partial charge in [-0.15, -0.1) is 0 Å². The molecule has 5 rings (SSSR count). The van der Waals surface area contributed by atoms with Gasteiger partial charge in [-0.2, -0.15) is 0 Å². The topological polar surface area (TPSA) is 62.6 Å². The number of benzene rings is 2. The van der Waals surface area contributed by atoms with Crippen molar-refractivity contribution in [2.24, 2.45) is 5.41 Å². The van der Waals surface area contributed by atoms with Crippen molar-refractivity contribution in [2.45, 2.75) is 32.7 Å². The maximum atomic E-state index is 13.9. The molecule has 2 aromatic carbocycles. The Morgan fingerprint density at radius 3 is 2.53 bits per heavy atom. The lowest BCUT2D eigenvalue weighted by atomic mass is 9.74. The number of nitrogens with zero attached hydrogens (tertiary/aromatic N) is 1. The van der Waals surface area contributed by atoms with Crippen molar-refractivity contribution in [3.05, 3.63) is 94.5 Å². The number of Topliss-reactive ketones (excluding diaryl/α,β-unsaturated/α-hetero) is 1. The first-order valence-corrected chi connectivity index (χ1v) is 11.0. The lowest BCUT2D eigenvalue weighted by Gasteiger charge is -2.36. The van der Waals surface area contributed by atoms with E-state index in [0.29, 0.717) is 40.4 Å². The predicted octanol–water partition coefficient (Wildman–Crippen LogP) is 6.39. The number of hydrogen-bond acceptors (Lipinski definition) is 4. The number of para-hydroxylation sites is 2. The maximum Gasteiger partial charge on any atom is 0.259 e. The first-order chi connectivity index (χ1) is 15.3. The Labute approximate surface area is 191 Å². The second-order valence-electron chi connectivity index (χ2n) is 9.08. The average molecular weight is 447 g/mol. The largest absolute Gasteiger partial charge is 0.467 e. The quantitative estimate of drug-likeness (QED) is 0.495. The van der Waals surface area contributed by atoms with E-state index in [1.54, 1.807) is 41.5 Å². The number of amides is 1. The van der Waals surface area contributed by atoms with E-state index in [9.17, 15) is 9.59 Å². The average Bonchev–Trinajstić information content (AvgIpc) is 3.23. The molecule has 0 saturated carbocycles. The van der Waals surface area contributed by atoms with Gasteiger partial charge >= 0.3 is 0 Å². The van der Waals surface area contributed by atoms with Crippen molar-refractivity contribution in [3.8, 4) is 0 Å². The Morgan fingerprint density at radius 1 is 1.06 bits per heavy atom. The molecule has 2 heterocycles. The molecule has 0 fully saturated rings. The summed E-state index contributed by atoms with van der Waals surface area (Å²) >= 11 is 6.05. The first kappa shape index (κ1) is 20.6. The van der Waals surface area contributed by atoms with E-state index in [1.165, 1.54) is 0 Å². The highest BCUT2D eigenvalue weighted by atomic mass is 35.5. The molecule has 1 aliphatic carbocycles. The Balaban J connectivity index is 1.76. The minimum atomic E-state index is -0.678. The van der Waals surface area contributed by atoms with Crippen LogP contribution in [0.15, 0.2) is 82.6 Å². The number of hydrogen-bond donors (Lipinski definition) is 1. The molecular formula is C26H23ClN2O3. The number of carbonyl (C=O) groups excluding carboxylic acids is 2. The number of furan rings is 1. The maximum absolute atomic E-state index is 13.9. The van der Waals surface area contributed by atoms with Gasteiger partial charge in [0.05, 0.1) is 17.6 Å². The van der Waals surface area contributed by atoms with E-state index < -0.39 is 6.04 Å². The summed E-state index contributed by atoms with van der Waals surface area (Å²) < 4.78 is 5.80. The zero-order chi connectivity index (χ0) is 22.5. The van der Waals surface area contributed by atoms with Gasteiger partial charge in [-0.3, -0.25) is 14.5 Å². The summed E-state index contributed by atoms with van der Waals surface area (Å²) in [5.41, 5.74) is 3.19. The molecule has 2 aliphatic rings. The van der Waals surface area contributed by atoms with Crippen LogP contribution in [0.2, 0.25) is 5.02 Å². The van der Waals surface area contributed by atoms with Crippen molar-refractivity contribution in [1.29, 1.82) is 0 Å². The molecule has 1 amide bonds. The van der Waals surface area contributed by atoms with Crippen LogP contribution in [0.3, 0.4) is 0 Å². The van der Waals surface area contributed by atoms with E-state index in [1.807, 2.05) is 30.3 Å². The summed E-state index contributed by atoms with van der Waals surface area (Å²) in [7, 11) is 0. The van der Waals surface area contributed by atoms with Gasteiger partial charge in [-0.05, 0) is 60.4 Å². The number of nitrogens with one attached hydrogen (secondary N) is 1. The number of ketones is 1. The van der Waals surface area contributed by atoms with Crippen molar-refractivity contribution >= 4 is 34.7 Å². The van der Waals surface area contributed by atoms with Crippen LogP contribution >= 0.6 is 11.6 Å². The number of carbonyl (C=O) groups is 2. The van der Waals surface area contributed by atoms with E-state index in [0.717, 1.165) is 11.4 Å². The second-order valence-corrected chi connectivity index (χ2v) is 9.51. The molecular weight excluding hydrogens is 424 g/mol. The standard InChI is InChI=1S/C26H23ClN2O3/c1-26(2)14-19-23(21(30)15-26)24(22-8-5-13-32-22)29(20-7-4-3-6-18(20)28-19)25(31)16-9-11-17(27)12-10-16/h3-13,24,28H,14-15H2,1-2H3/t24-/m1/s1. The predicted molar refractivity (Wildman–Crippen MR) is 125 cm³/mol. The molecule has 0 spiro atoms. The van der Waals surface area contributed by atoms with Gasteiger partial charge in [0.2, 0.25) is 0 Å². The zero-order valence-electron chi connectivity index (χ0n) is 17.9. The summed E-state index contributed by atoms with van der Waals surface area (Å²) in [6.45, 7) is 4.18. The van der Waals surface area contributed by atoms with Crippen LogP contribution in [0.5, 0.6) is 0 Å². The molecule has 1 atom stereocenters. The van der Waals surface area contributed by atoms with Gasteiger partial charge in [0, 0.05) is 28.3 Å². The summed E-state index contributed by atoms with van der Waals surface area (Å²) in [4.78, 5) is 29.1. The van der Waals surface area contributed by atoms with Gasteiger partial charge in [0.15, 0.2) is 5.78 Å². The molecule has 0 saturated heterocycles. The normalized spacial score (nSPS) is 19.7. The smallest absolute Gasteiger partial charge is 0.259 e. The van der Waals surface area contributed by atoms with Gasteiger partial charge in [-0.1, -0.05) is 37.6 Å². The van der Waals surface area contributed by atoms with Crippen molar-refractivity contribution in [1.82, 2.24) is 0 Å². The lowest BCUT2D eigenvalue weighted by Crippen LogP contribution is -2.39. The van der Waals surface area contributed by atoms with Crippen LogP contribution in [0.4, 0.5) is 11.4 Å². The van der Waals surface area contributed by atoms with Crippen LogP contribution in [0.1, 0.15) is 48.8 Å². The third-order valence-corrected chi connectivity index (χ3v) is 6.28. The second kappa shape index (κ2) is 7.68. The highest BCUT2D eigenvalue weighted by Gasteiger charge is 2.44. The molecule has 0 unspecified atom stereocenters. The van der Waals surface area contributed by atoms with Gasteiger partial charge < -0.3 is 9.73 Å².